The summed E-state index contributed by atoms with van der Waals surface area (Å²) >= 11 is 0. The lowest BCUT2D eigenvalue weighted by molar-refractivity contribution is -0.122. The highest BCUT2D eigenvalue weighted by Crippen LogP contribution is 2.33. The summed E-state index contributed by atoms with van der Waals surface area (Å²) in [6.07, 6.45) is 1.93. The summed E-state index contributed by atoms with van der Waals surface area (Å²) in [5.74, 6) is 0.129. The predicted molar refractivity (Wildman–Crippen MR) is 112 cm³/mol. The molecule has 1 aliphatic rings. The van der Waals surface area contributed by atoms with Gasteiger partial charge in [-0.3, -0.25) is 9.59 Å². The minimum Gasteiger partial charge on any atom is -0.492 e. The Morgan fingerprint density at radius 3 is 2.39 bits per heavy atom. The van der Waals surface area contributed by atoms with Crippen molar-refractivity contribution in [1.82, 2.24) is 0 Å². The van der Waals surface area contributed by atoms with E-state index in [1.807, 2.05) is 37.3 Å². The molecule has 2 amide bonds. The molecule has 148 valence electrons. The van der Waals surface area contributed by atoms with E-state index in [9.17, 15) is 9.59 Å². The van der Waals surface area contributed by atoms with E-state index >= 15 is 0 Å². The zero-order chi connectivity index (χ0) is 20.1. The van der Waals surface area contributed by atoms with E-state index in [2.05, 4.69) is 31.3 Å². The molecule has 1 N–H and O–H groups in total. The van der Waals surface area contributed by atoms with Crippen molar-refractivity contribution < 1.29 is 14.3 Å². The lowest BCUT2D eigenvalue weighted by Gasteiger charge is -2.23. The molecular weight excluding hydrogens is 352 g/mol. The van der Waals surface area contributed by atoms with E-state index in [0.29, 0.717) is 24.6 Å². The van der Waals surface area contributed by atoms with Gasteiger partial charge in [0.05, 0.1) is 18.2 Å². The third kappa shape index (κ3) is 4.03. The lowest BCUT2D eigenvalue weighted by atomic mass is 10.0. The second-order valence-corrected chi connectivity index (χ2v) is 6.96. The molecule has 0 spiro atoms. The fourth-order valence-corrected chi connectivity index (χ4v) is 3.75. The summed E-state index contributed by atoms with van der Waals surface area (Å²) in [5.41, 5.74) is 3.93. The van der Waals surface area contributed by atoms with Crippen LogP contribution in [0.25, 0.3) is 0 Å². The number of para-hydroxylation sites is 3. The summed E-state index contributed by atoms with van der Waals surface area (Å²) in [7, 11) is 0. The first-order valence-corrected chi connectivity index (χ1v) is 10.0. The van der Waals surface area contributed by atoms with E-state index in [-0.39, 0.29) is 24.2 Å². The molecule has 0 saturated carbocycles. The van der Waals surface area contributed by atoms with Gasteiger partial charge in [0.2, 0.25) is 11.8 Å². The van der Waals surface area contributed by atoms with Crippen LogP contribution in [0.1, 0.15) is 38.3 Å². The van der Waals surface area contributed by atoms with Crippen LogP contribution in [-0.4, -0.2) is 25.0 Å². The number of hydrogen-bond donors (Lipinski definition) is 1. The van der Waals surface area contributed by atoms with Crippen molar-refractivity contribution in [2.24, 2.45) is 5.92 Å². The highest BCUT2D eigenvalue weighted by molar-refractivity contribution is 6.04. The van der Waals surface area contributed by atoms with Gasteiger partial charge in [0.25, 0.3) is 0 Å². The molecule has 5 heteroatoms. The van der Waals surface area contributed by atoms with Crippen LogP contribution in [0.5, 0.6) is 5.75 Å². The topological polar surface area (TPSA) is 58.6 Å². The molecule has 0 radical (unpaired) electrons. The summed E-state index contributed by atoms with van der Waals surface area (Å²) in [6.45, 7) is 7.02. The van der Waals surface area contributed by atoms with E-state index in [1.165, 1.54) is 0 Å². The molecule has 3 rings (SSSR count). The molecule has 28 heavy (non-hydrogen) atoms. The number of nitrogens with zero attached hydrogens (tertiary/aromatic N) is 1. The standard InChI is InChI=1S/C23H28N2O3/c1-4-16-10-9-11-17(5-2)22(16)25-15-18(14-21(25)26)23(27)24-19-12-7-8-13-20(19)28-6-3/h7-13,18H,4-6,14-15H2,1-3H3,(H,24,27). The number of hydrogen-bond acceptors (Lipinski definition) is 3. The van der Waals surface area contributed by atoms with Crippen molar-refractivity contribution in [3.05, 3.63) is 53.6 Å². The second kappa shape index (κ2) is 8.91. The fourth-order valence-electron chi connectivity index (χ4n) is 3.75. The molecule has 1 saturated heterocycles. The first-order valence-electron chi connectivity index (χ1n) is 10.0. The monoisotopic (exact) mass is 380 g/mol. The average Bonchev–Trinajstić information content (AvgIpc) is 3.10. The summed E-state index contributed by atoms with van der Waals surface area (Å²) in [5, 5.41) is 2.94. The number of aryl methyl sites for hydroxylation is 2. The Kier molecular flexibility index (Phi) is 6.34. The van der Waals surface area contributed by atoms with Crippen molar-refractivity contribution in [1.29, 1.82) is 0 Å². The van der Waals surface area contributed by atoms with Crippen LogP contribution in [0, 0.1) is 5.92 Å². The van der Waals surface area contributed by atoms with Gasteiger partial charge in [-0.15, -0.1) is 0 Å². The minimum atomic E-state index is -0.378. The van der Waals surface area contributed by atoms with Gasteiger partial charge < -0.3 is 15.0 Å². The van der Waals surface area contributed by atoms with Crippen molar-refractivity contribution in [3.63, 3.8) is 0 Å². The van der Waals surface area contributed by atoms with E-state index in [1.54, 1.807) is 4.90 Å². The van der Waals surface area contributed by atoms with Crippen LogP contribution >= 0.6 is 0 Å². The number of rotatable bonds is 7. The molecule has 1 atom stereocenters. The van der Waals surface area contributed by atoms with Gasteiger partial charge in [-0.25, -0.2) is 0 Å². The molecule has 2 aromatic rings. The highest BCUT2D eigenvalue weighted by atomic mass is 16.5. The molecule has 5 nitrogen and oxygen atoms in total. The molecule has 1 fully saturated rings. The van der Waals surface area contributed by atoms with Gasteiger partial charge in [0.1, 0.15) is 5.75 Å². The molecule has 1 heterocycles. The van der Waals surface area contributed by atoms with Gasteiger partial charge in [-0.05, 0) is 43.0 Å². The van der Waals surface area contributed by atoms with E-state index < -0.39 is 0 Å². The Morgan fingerprint density at radius 1 is 1.07 bits per heavy atom. The van der Waals surface area contributed by atoms with Crippen LogP contribution in [0.4, 0.5) is 11.4 Å². The number of ether oxygens (including phenoxy) is 1. The maximum atomic E-state index is 12.9. The molecule has 0 aliphatic carbocycles. The molecule has 1 aliphatic heterocycles. The Bertz CT molecular complexity index is 840. The van der Waals surface area contributed by atoms with Crippen molar-refractivity contribution in [2.45, 2.75) is 40.0 Å². The predicted octanol–water partition coefficient (Wildman–Crippen LogP) is 4.20. The number of benzene rings is 2. The molecule has 1 unspecified atom stereocenters. The minimum absolute atomic E-state index is 0.00819. The Morgan fingerprint density at radius 2 is 1.75 bits per heavy atom. The SMILES string of the molecule is CCOc1ccccc1NC(=O)C1CC(=O)N(c2c(CC)cccc2CC)C1. The number of anilines is 2. The van der Waals surface area contributed by atoms with E-state index in [0.717, 1.165) is 29.7 Å². The smallest absolute Gasteiger partial charge is 0.229 e. The van der Waals surface area contributed by atoms with Crippen molar-refractivity contribution in [3.8, 4) is 5.75 Å². The molecular formula is C23H28N2O3. The van der Waals surface area contributed by atoms with Gasteiger partial charge in [0, 0.05) is 18.7 Å². The number of amides is 2. The average molecular weight is 380 g/mol. The lowest BCUT2D eigenvalue weighted by Crippen LogP contribution is -2.29. The summed E-state index contributed by atoms with van der Waals surface area (Å²) < 4.78 is 5.58. The van der Waals surface area contributed by atoms with Crippen LogP contribution in [0.15, 0.2) is 42.5 Å². The second-order valence-electron chi connectivity index (χ2n) is 6.96. The zero-order valence-electron chi connectivity index (χ0n) is 16.8. The highest BCUT2D eigenvalue weighted by Gasteiger charge is 2.36. The van der Waals surface area contributed by atoms with Crippen LogP contribution in [0.3, 0.4) is 0 Å². The van der Waals surface area contributed by atoms with Gasteiger partial charge in [-0.2, -0.15) is 0 Å². The number of carbonyl (C=O) groups excluding carboxylic acids is 2. The summed E-state index contributed by atoms with van der Waals surface area (Å²) in [4.78, 5) is 27.4. The van der Waals surface area contributed by atoms with E-state index in [4.69, 9.17) is 4.74 Å². The number of nitrogens with one attached hydrogen (secondary N) is 1. The Hall–Kier alpha value is -2.82. The van der Waals surface area contributed by atoms with Crippen molar-refractivity contribution in [2.75, 3.05) is 23.4 Å². The van der Waals surface area contributed by atoms with Crippen LogP contribution in [0.2, 0.25) is 0 Å². The largest absolute Gasteiger partial charge is 0.492 e. The fraction of sp³-hybridized carbons (Fsp3) is 0.391. The van der Waals surface area contributed by atoms with Gasteiger partial charge in [-0.1, -0.05) is 44.2 Å². The third-order valence-electron chi connectivity index (χ3n) is 5.18. The molecule has 0 aromatic heterocycles. The normalized spacial score (nSPS) is 16.3. The maximum Gasteiger partial charge on any atom is 0.229 e. The first kappa shape index (κ1) is 19.9. The quantitative estimate of drug-likeness (QED) is 0.783. The number of carbonyl (C=O) groups is 2. The summed E-state index contributed by atoms with van der Waals surface area (Å²) in [6, 6.07) is 13.5. The Labute approximate surface area is 166 Å². The van der Waals surface area contributed by atoms with Gasteiger partial charge >= 0.3 is 0 Å². The Balaban J connectivity index is 1.79. The first-order chi connectivity index (χ1) is 13.6. The molecule has 2 aromatic carbocycles. The maximum absolute atomic E-state index is 12.9. The molecule has 0 bridgehead atoms. The zero-order valence-corrected chi connectivity index (χ0v) is 16.8. The van der Waals surface area contributed by atoms with Crippen LogP contribution < -0.4 is 15.0 Å². The third-order valence-corrected chi connectivity index (χ3v) is 5.18. The van der Waals surface area contributed by atoms with Crippen molar-refractivity contribution >= 4 is 23.2 Å². The van der Waals surface area contributed by atoms with Crippen LogP contribution in [-0.2, 0) is 22.4 Å². The van der Waals surface area contributed by atoms with Gasteiger partial charge in [0.15, 0.2) is 0 Å².